The van der Waals surface area contributed by atoms with Gasteiger partial charge in [-0.2, -0.15) is 11.8 Å². The Morgan fingerprint density at radius 3 is 3.00 bits per heavy atom. The van der Waals surface area contributed by atoms with Gasteiger partial charge in [0, 0.05) is 11.8 Å². The van der Waals surface area contributed by atoms with E-state index in [0.717, 1.165) is 6.54 Å². The van der Waals surface area contributed by atoms with Crippen LogP contribution < -0.4 is 5.32 Å². The number of hydrogen-bond donors (Lipinski definition) is 2. The largest absolute Gasteiger partial charge is 0.476 e. The van der Waals surface area contributed by atoms with Crippen molar-refractivity contribution in [2.75, 3.05) is 17.6 Å². The van der Waals surface area contributed by atoms with Gasteiger partial charge in [0.2, 0.25) is 0 Å². The number of carboxylic acid groups (broad SMARTS) is 1. The lowest BCUT2D eigenvalue weighted by Crippen LogP contribution is -2.15. The summed E-state index contributed by atoms with van der Waals surface area (Å²) in [4.78, 5) is 10.6. The summed E-state index contributed by atoms with van der Waals surface area (Å²) in [6.45, 7) is 0.867. The molecule has 86 valence electrons. The Labute approximate surface area is 97.7 Å². The first-order chi connectivity index (χ1) is 7.75. The summed E-state index contributed by atoms with van der Waals surface area (Å²) in [6, 6.07) is 3.11. The molecule has 2 heterocycles. The lowest BCUT2D eigenvalue weighted by atomic mass is 10.2. The van der Waals surface area contributed by atoms with Crippen LogP contribution in [0.3, 0.4) is 0 Å². The van der Waals surface area contributed by atoms with Crippen molar-refractivity contribution in [3.05, 3.63) is 17.8 Å². The molecule has 0 aromatic carbocycles. The Bertz CT molecular complexity index is 363. The quantitative estimate of drug-likeness (QED) is 0.829. The van der Waals surface area contributed by atoms with E-state index in [1.54, 1.807) is 6.07 Å². The molecule has 1 aromatic rings. The van der Waals surface area contributed by atoms with Crippen molar-refractivity contribution < 1.29 is 9.90 Å². The average Bonchev–Trinajstić information content (AvgIpc) is 2.80. The molecule has 1 unspecified atom stereocenters. The van der Waals surface area contributed by atoms with Crippen LogP contribution in [0.5, 0.6) is 0 Å². The molecular weight excluding hydrogens is 226 g/mol. The topological polar surface area (TPSA) is 75.1 Å². The van der Waals surface area contributed by atoms with Gasteiger partial charge in [-0.1, -0.05) is 0 Å². The van der Waals surface area contributed by atoms with Crippen LogP contribution in [0, 0.1) is 0 Å². The summed E-state index contributed by atoms with van der Waals surface area (Å²) in [6.07, 6.45) is 2.51. The van der Waals surface area contributed by atoms with Crippen LogP contribution in [-0.4, -0.2) is 38.8 Å². The standard InChI is InChI=1S/C10H13N3O2S/c14-10(15)8-3-4-9(13-12-8)11-6-7-2-1-5-16-7/h3-4,7H,1-2,5-6H2,(H,11,13)(H,14,15). The van der Waals surface area contributed by atoms with E-state index in [1.807, 2.05) is 11.8 Å². The molecule has 0 amide bonds. The van der Waals surface area contributed by atoms with E-state index in [-0.39, 0.29) is 5.69 Å². The van der Waals surface area contributed by atoms with Crippen molar-refractivity contribution in [3.63, 3.8) is 0 Å². The number of aromatic carboxylic acids is 1. The van der Waals surface area contributed by atoms with Crippen molar-refractivity contribution in [1.82, 2.24) is 10.2 Å². The Balaban J connectivity index is 1.87. The number of hydrogen-bond acceptors (Lipinski definition) is 5. The minimum absolute atomic E-state index is 0.0270. The number of carbonyl (C=O) groups is 1. The second-order valence-corrected chi connectivity index (χ2v) is 5.03. The van der Waals surface area contributed by atoms with E-state index in [9.17, 15) is 4.79 Å². The summed E-state index contributed by atoms with van der Waals surface area (Å²) in [7, 11) is 0. The van der Waals surface area contributed by atoms with Crippen molar-refractivity contribution in [1.29, 1.82) is 0 Å². The molecule has 0 radical (unpaired) electrons. The zero-order valence-corrected chi connectivity index (χ0v) is 9.54. The molecule has 1 atom stereocenters. The highest BCUT2D eigenvalue weighted by Gasteiger charge is 2.15. The molecule has 1 aliphatic heterocycles. The lowest BCUT2D eigenvalue weighted by Gasteiger charge is -2.09. The highest BCUT2D eigenvalue weighted by Crippen LogP contribution is 2.25. The number of thioether (sulfide) groups is 1. The number of nitrogens with zero attached hydrogens (tertiary/aromatic N) is 2. The molecule has 0 aliphatic carbocycles. The molecule has 1 aliphatic rings. The second-order valence-electron chi connectivity index (χ2n) is 3.62. The molecule has 0 saturated carbocycles. The van der Waals surface area contributed by atoms with Gasteiger partial charge in [0.1, 0.15) is 5.82 Å². The SMILES string of the molecule is O=C(O)c1ccc(NCC2CCCS2)nn1. The minimum atomic E-state index is -1.05. The summed E-state index contributed by atoms with van der Waals surface area (Å²) >= 11 is 1.96. The molecule has 5 nitrogen and oxygen atoms in total. The van der Waals surface area contributed by atoms with E-state index in [4.69, 9.17) is 5.11 Å². The fraction of sp³-hybridized carbons (Fsp3) is 0.500. The predicted molar refractivity (Wildman–Crippen MR) is 63.0 cm³/mol. The van der Waals surface area contributed by atoms with Crippen molar-refractivity contribution in [2.45, 2.75) is 18.1 Å². The molecule has 6 heteroatoms. The molecule has 16 heavy (non-hydrogen) atoms. The van der Waals surface area contributed by atoms with Gasteiger partial charge in [-0.25, -0.2) is 4.79 Å². The first kappa shape index (κ1) is 11.2. The van der Waals surface area contributed by atoms with E-state index in [1.165, 1.54) is 24.7 Å². The molecule has 2 rings (SSSR count). The summed E-state index contributed by atoms with van der Waals surface area (Å²) in [5, 5.41) is 19.9. The third-order valence-corrected chi connectivity index (χ3v) is 3.82. The maximum Gasteiger partial charge on any atom is 0.356 e. The third-order valence-electron chi connectivity index (χ3n) is 2.42. The number of carboxylic acids is 1. The van der Waals surface area contributed by atoms with Crippen LogP contribution in [0.2, 0.25) is 0 Å². The Hall–Kier alpha value is -1.30. The normalized spacial score (nSPS) is 19.6. The molecule has 2 N–H and O–H groups in total. The van der Waals surface area contributed by atoms with Crippen molar-refractivity contribution in [3.8, 4) is 0 Å². The van der Waals surface area contributed by atoms with Crippen molar-refractivity contribution >= 4 is 23.5 Å². The Morgan fingerprint density at radius 2 is 2.44 bits per heavy atom. The van der Waals surface area contributed by atoms with Crippen LogP contribution in [-0.2, 0) is 0 Å². The first-order valence-electron chi connectivity index (χ1n) is 5.18. The maximum absolute atomic E-state index is 10.6. The molecule has 0 bridgehead atoms. The fourth-order valence-corrected chi connectivity index (χ4v) is 2.77. The van der Waals surface area contributed by atoms with Gasteiger partial charge in [-0.05, 0) is 30.7 Å². The molecule has 1 fully saturated rings. The van der Waals surface area contributed by atoms with Gasteiger partial charge >= 0.3 is 5.97 Å². The number of anilines is 1. The van der Waals surface area contributed by atoms with Crippen LogP contribution >= 0.6 is 11.8 Å². The van der Waals surface area contributed by atoms with Gasteiger partial charge in [0.05, 0.1) is 0 Å². The monoisotopic (exact) mass is 239 g/mol. The van der Waals surface area contributed by atoms with Crippen LogP contribution in [0.25, 0.3) is 0 Å². The maximum atomic E-state index is 10.6. The number of rotatable bonds is 4. The Morgan fingerprint density at radius 1 is 1.56 bits per heavy atom. The van der Waals surface area contributed by atoms with E-state index in [0.29, 0.717) is 11.1 Å². The minimum Gasteiger partial charge on any atom is -0.476 e. The smallest absolute Gasteiger partial charge is 0.356 e. The molecule has 1 saturated heterocycles. The zero-order valence-electron chi connectivity index (χ0n) is 8.72. The fourth-order valence-electron chi connectivity index (χ4n) is 1.56. The molecule has 1 aromatic heterocycles. The predicted octanol–water partition coefficient (Wildman–Crippen LogP) is 1.48. The number of nitrogens with one attached hydrogen (secondary N) is 1. The van der Waals surface area contributed by atoms with Crippen LogP contribution in [0.4, 0.5) is 5.82 Å². The summed E-state index contributed by atoms with van der Waals surface area (Å²) < 4.78 is 0. The van der Waals surface area contributed by atoms with Gasteiger partial charge in [0.25, 0.3) is 0 Å². The summed E-state index contributed by atoms with van der Waals surface area (Å²) in [5.74, 6) is 0.818. The number of aromatic nitrogens is 2. The second kappa shape index (κ2) is 5.16. The van der Waals surface area contributed by atoms with Gasteiger partial charge < -0.3 is 10.4 Å². The lowest BCUT2D eigenvalue weighted by molar-refractivity contribution is 0.0689. The van der Waals surface area contributed by atoms with Crippen molar-refractivity contribution in [2.24, 2.45) is 0 Å². The van der Waals surface area contributed by atoms with Gasteiger partial charge in [-0.15, -0.1) is 10.2 Å². The first-order valence-corrected chi connectivity index (χ1v) is 6.23. The van der Waals surface area contributed by atoms with E-state index < -0.39 is 5.97 Å². The highest BCUT2D eigenvalue weighted by molar-refractivity contribution is 8.00. The van der Waals surface area contributed by atoms with E-state index >= 15 is 0 Å². The van der Waals surface area contributed by atoms with E-state index in [2.05, 4.69) is 15.5 Å². The molecular formula is C10H13N3O2S. The van der Waals surface area contributed by atoms with Gasteiger partial charge in [-0.3, -0.25) is 0 Å². The average molecular weight is 239 g/mol. The zero-order chi connectivity index (χ0) is 11.4. The molecule has 0 spiro atoms. The Kier molecular flexibility index (Phi) is 3.61. The summed E-state index contributed by atoms with van der Waals surface area (Å²) in [5.41, 5.74) is -0.0270. The van der Waals surface area contributed by atoms with Crippen LogP contribution in [0.15, 0.2) is 12.1 Å². The van der Waals surface area contributed by atoms with Crippen LogP contribution in [0.1, 0.15) is 23.3 Å². The van der Waals surface area contributed by atoms with Gasteiger partial charge in [0.15, 0.2) is 5.69 Å². The highest BCUT2D eigenvalue weighted by atomic mass is 32.2. The third kappa shape index (κ3) is 2.85.